The zero-order chi connectivity index (χ0) is 15.0. The molecule has 3 heterocycles. The Morgan fingerprint density at radius 1 is 1.14 bits per heavy atom. The van der Waals surface area contributed by atoms with Crippen molar-refractivity contribution >= 4 is 0 Å². The molecule has 3 heteroatoms. The van der Waals surface area contributed by atoms with Crippen LogP contribution in [-0.4, -0.2) is 27.0 Å². The highest BCUT2D eigenvalue weighted by atomic mass is 15.2. The number of rotatable bonds is 3. The number of pyridine rings is 1. The summed E-state index contributed by atoms with van der Waals surface area (Å²) in [6, 6.07) is 9.74. The summed E-state index contributed by atoms with van der Waals surface area (Å²) in [6.07, 6.45) is 4.42. The SMILES string of the molecule is Cc1ccc(C)n1-c1ncccc1C1CCCN1C(C)C. The molecule has 0 aliphatic carbocycles. The third kappa shape index (κ3) is 2.51. The van der Waals surface area contributed by atoms with Crippen molar-refractivity contribution in [2.24, 2.45) is 0 Å². The van der Waals surface area contributed by atoms with E-state index in [0.717, 1.165) is 5.82 Å². The van der Waals surface area contributed by atoms with E-state index in [2.05, 4.69) is 61.4 Å². The fraction of sp³-hybridized carbons (Fsp3) is 0.500. The molecule has 1 unspecified atom stereocenters. The van der Waals surface area contributed by atoms with Crippen molar-refractivity contribution in [1.29, 1.82) is 0 Å². The summed E-state index contributed by atoms with van der Waals surface area (Å²) in [5.74, 6) is 1.11. The van der Waals surface area contributed by atoms with E-state index in [1.165, 1.54) is 36.3 Å². The lowest BCUT2D eigenvalue weighted by atomic mass is 10.0. The lowest BCUT2D eigenvalue weighted by Crippen LogP contribution is -2.31. The van der Waals surface area contributed by atoms with Crippen LogP contribution in [0.3, 0.4) is 0 Å². The lowest BCUT2D eigenvalue weighted by molar-refractivity contribution is 0.205. The first-order valence-corrected chi connectivity index (χ1v) is 7.95. The molecule has 0 bridgehead atoms. The molecule has 1 saturated heterocycles. The van der Waals surface area contributed by atoms with Crippen molar-refractivity contribution < 1.29 is 0 Å². The highest BCUT2D eigenvalue weighted by molar-refractivity contribution is 5.41. The average Bonchev–Trinajstić information content (AvgIpc) is 3.06. The van der Waals surface area contributed by atoms with Crippen LogP contribution in [0.15, 0.2) is 30.5 Å². The molecule has 3 rings (SSSR count). The van der Waals surface area contributed by atoms with Gasteiger partial charge < -0.3 is 4.57 Å². The quantitative estimate of drug-likeness (QED) is 0.848. The maximum absolute atomic E-state index is 4.72. The molecule has 2 aromatic rings. The molecule has 0 aromatic carbocycles. The van der Waals surface area contributed by atoms with Crippen molar-refractivity contribution in [1.82, 2.24) is 14.5 Å². The van der Waals surface area contributed by atoms with Crippen molar-refractivity contribution in [3.8, 4) is 5.82 Å². The van der Waals surface area contributed by atoms with Crippen LogP contribution >= 0.6 is 0 Å². The van der Waals surface area contributed by atoms with Gasteiger partial charge in [0, 0.05) is 35.2 Å². The molecule has 1 atom stereocenters. The highest BCUT2D eigenvalue weighted by Crippen LogP contribution is 2.36. The number of aromatic nitrogens is 2. The van der Waals surface area contributed by atoms with E-state index >= 15 is 0 Å². The minimum absolute atomic E-state index is 0.495. The summed E-state index contributed by atoms with van der Waals surface area (Å²) in [7, 11) is 0. The fourth-order valence-corrected chi connectivity index (χ4v) is 3.60. The molecule has 0 saturated carbocycles. The van der Waals surface area contributed by atoms with Gasteiger partial charge in [-0.3, -0.25) is 4.90 Å². The number of nitrogens with zero attached hydrogens (tertiary/aromatic N) is 3. The molecule has 1 aliphatic rings. The first-order valence-electron chi connectivity index (χ1n) is 7.95. The molecule has 1 fully saturated rings. The number of aryl methyl sites for hydroxylation is 2. The van der Waals surface area contributed by atoms with Crippen LogP contribution in [-0.2, 0) is 0 Å². The van der Waals surface area contributed by atoms with E-state index in [0.29, 0.717) is 12.1 Å². The highest BCUT2D eigenvalue weighted by Gasteiger charge is 2.30. The van der Waals surface area contributed by atoms with Gasteiger partial charge in [-0.1, -0.05) is 6.07 Å². The van der Waals surface area contributed by atoms with Gasteiger partial charge in [-0.2, -0.15) is 0 Å². The predicted molar refractivity (Wildman–Crippen MR) is 86.9 cm³/mol. The third-order valence-electron chi connectivity index (χ3n) is 4.62. The van der Waals surface area contributed by atoms with E-state index < -0.39 is 0 Å². The standard InChI is InChI=1S/C18H25N3/c1-13(2)20-12-6-8-17(20)16-7-5-11-19-18(16)21-14(3)9-10-15(21)4/h5,7,9-11,13,17H,6,8,12H2,1-4H3. The molecular formula is C18H25N3. The van der Waals surface area contributed by atoms with Crippen molar-refractivity contribution in [3.05, 3.63) is 47.4 Å². The van der Waals surface area contributed by atoms with Gasteiger partial charge in [0.05, 0.1) is 0 Å². The van der Waals surface area contributed by atoms with Crippen LogP contribution < -0.4 is 0 Å². The minimum atomic E-state index is 0.495. The van der Waals surface area contributed by atoms with Gasteiger partial charge in [-0.05, 0) is 65.3 Å². The van der Waals surface area contributed by atoms with Crippen molar-refractivity contribution in [3.63, 3.8) is 0 Å². The second-order valence-electron chi connectivity index (χ2n) is 6.36. The Morgan fingerprint density at radius 2 is 1.86 bits per heavy atom. The van der Waals surface area contributed by atoms with Gasteiger partial charge in [0.25, 0.3) is 0 Å². The zero-order valence-corrected chi connectivity index (χ0v) is 13.5. The van der Waals surface area contributed by atoms with Gasteiger partial charge >= 0.3 is 0 Å². The molecule has 112 valence electrons. The Kier molecular flexibility index (Phi) is 3.85. The Morgan fingerprint density at radius 3 is 2.52 bits per heavy atom. The van der Waals surface area contributed by atoms with Crippen LogP contribution in [0.1, 0.15) is 49.7 Å². The average molecular weight is 283 g/mol. The van der Waals surface area contributed by atoms with Crippen LogP contribution in [0.5, 0.6) is 0 Å². The summed E-state index contributed by atoms with van der Waals surface area (Å²) < 4.78 is 2.28. The first kappa shape index (κ1) is 14.3. The Labute approximate surface area is 127 Å². The Hall–Kier alpha value is -1.61. The van der Waals surface area contributed by atoms with Gasteiger partial charge in [-0.15, -0.1) is 0 Å². The Bertz CT molecular complexity index is 608. The maximum Gasteiger partial charge on any atom is 0.141 e. The first-order chi connectivity index (χ1) is 10.1. The van der Waals surface area contributed by atoms with Gasteiger partial charge in [0.15, 0.2) is 0 Å². The number of hydrogen-bond donors (Lipinski definition) is 0. The summed E-state index contributed by atoms with van der Waals surface area (Å²) in [5, 5.41) is 0. The van der Waals surface area contributed by atoms with Gasteiger partial charge in [0.2, 0.25) is 0 Å². The van der Waals surface area contributed by atoms with E-state index in [1.54, 1.807) is 0 Å². The van der Waals surface area contributed by atoms with Crippen LogP contribution in [0, 0.1) is 13.8 Å². The van der Waals surface area contributed by atoms with Crippen LogP contribution in [0.4, 0.5) is 0 Å². The van der Waals surface area contributed by atoms with Gasteiger partial charge in [-0.25, -0.2) is 4.98 Å². The lowest BCUT2D eigenvalue weighted by Gasteiger charge is -2.30. The van der Waals surface area contributed by atoms with E-state index in [4.69, 9.17) is 4.98 Å². The van der Waals surface area contributed by atoms with Crippen LogP contribution in [0.25, 0.3) is 5.82 Å². The molecule has 2 aromatic heterocycles. The molecule has 0 spiro atoms. The van der Waals surface area contributed by atoms with E-state index in [9.17, 15) is 0 Å². The van der Waals surface area contributed by atoms with Crippen molar-refractivity contribution in [2.45, 2.75) is 52.6 Å². The summed E-state index contributed by atoms with van der Waals surface area (Å²) >= 11 is 0. The number of likely N-dealkylation sites (tertiary alicyclic amines) is 1. The normalized spacial score (nSPS) is 19.6. The second kappa shape index (κ2) is 5.64. The van der Waals surface area contributed by atoms with Gasteiger partial charge in [0.1, 0.15) is 5.82 Å². The molecule has 21 heavy (non-hydrogen) atoms. The topological polar surface area (TPSA) is 21.1 Å². The predicted octanol–water partition coefficient (Wildman–Crippen LogP) is 4.03. The molecule has 0 radical (unpaired) electrons. The second-order valence-corrected chi connectivity index (χ2v) is 6.36. The molecular weight excluding hydrogens is 258 g/mol. The third-order valence-corrected chi connectivity index (χ3v) is 4.62. The monoisotopic (exact) mass is 283 g/mol. The molecule has 0 amide bonds. The Balaban J connectivity index is 2.09. The molecule has 0 N–H and O–H groups in total. The summed E-state index contributed by atoms with van der Waals surface area (Å²) in [5.41, 5.74) is 3.87. The largest absolute Gasteiger partial charge is 0.303 e. The molecule has 1 aliphatic heterocycles. The molecule has 3 nitrogen and oxygen atoms in total. The zero-order valence-electron chi connectivity index (χ0n) is 13.5. The summed E-state index contributed by atoms with van der Waals surface area (Å²) in [6.45, 7) is 10.1. The van der Waals surface area contributed by atoms with Crippen molar-refractivity contribution in [2.75, 3.05) is 6.54 Å². The summed E-state index contributed by atoms with van der Waals surface area (Å²) in [4.78, 5) is 7.32. The van der Waals surface area contributed by atoms with E-state index in [1.807, 2.05) is 6.20 Å². The minimum Gasteiger partial charge on any atom is -0.303 e. The smallest absolute Gasteiger partial charge is 0.141 e. The number of hydrogen-bond acceptors (Lipinski definition) is 2. The van der Waals surface area contributed by atoms with Crippen LogP contribution in [0.2, 0.25) is 0 Å². The fourth-order valence-electron chi connectivity index (χ4n) is 3.60. The maximum atomic E-state index is 4.72. The van der Waals surface area contributed by atoms with E-state index in [-0.39, 0.29) is 0 Å².